The van der Waals surface area contributed by atoms with E-state index in [9.17, 15) is 5.11 Å². The van der Waals surface area contributed by atoms with Gasteiger partial charge in [-0.05, 0) is 18.5 Å². The zero-order valence-electron chi connectivity index (χ0n) is 6.37. The van der Waals surface area contributed by atoms with Crippen molar-refractivity contribution in [1.82, 2.24) is 5.32 Å². The molecule has 1 rings (SSSR count). The van der Waals surface area contributed by atoms with Crippen molar-refractivity contribution in [2.24, 2.45) is 0 Å². The summed E-state index contributed by atoms with van der Waals surface area (Å²) in [6.45, 7) is 0.546. The largest absolute Gasteiger partial charge is 0.398 e. The van der Waals surface area contributed by atoms with E-state index in [1.165, 1.54) is 11.3 Å². The predicted molar refractivity (Wildman–Crippen MR) is 47.6 cm³/mol. The zero-order valence-corrected chi connectivity index (χ0v) is 7.19. The number of likely N-dealkylation sites (N-methyl/N-ethyl adjacent to an activating group) is 1. The molecule has 4 heteroatoms. The molecule has 1 atom stereocenters. The monoisotopic (exact) mass is 172 g/mol. The Hall–Kier alpha value is -0.580. The van der Waals surface area contributed by atoms with Crippen LogP contribution in [0.2, 0.25) is 0 Å². The summed E-state index contributed by atoms with van der Waals surface area (Å²) in [5.74, 6) is 0. The summed E-state index contributed by atoms with van der Waals surface area (Å²) >= 11 is 1.48. The van der Waals surface area contributed by atoms with Crippen LogP contribution in [0.4, 0.5) is 5.69 Å². The quantitative estimate of drug-likeness (QED) is 0.625. The Bertz CT molecular complexity index is 224. The first-order chi connectivity index (χ1) is 5.25. The molecule has 3 nitrogen and oxygen atoms in total. The zero-order chi connectivity index (χ0) is 8.27. The number of rotatable bonds is 3. The van der Waals surface area contributed by atoms with Gasteiger partial charge in [-0.15, -0.1) is 11.3 Å². The molecule has 1 unspecified atom stereocenters. The third kappa shape index (κ3) is 1.92. The minimum absolute atomic E-state index is 0.472. The van der Waals surface area contributed by atoms with E-state index in [0.29, 0.717) is 12.2 Å². The lowest BCUT2D eigenvalue weighted by Gasteiger charge is -2.07. The SMILES string of the molecule is CNCC(O)c1sccc1N. The molecule has 1 aromatic rings. The Labute approximate surface area is 69.9 Å². The fourth-order valence-electron chi connectivity index (χ4n) is 0.888. The fraction of sp³-hybridized carbons (Fsp3) is 0.429. The molecule has 0 aliphatic heterocycles. The highest BCUT2D eigenvalue weighted by Gasteiger charge is 2.10. The van der Waals surface area contributed by atoms with Gasteiger partial charge >= 0.3 is 0 Å². The van der Waals surface area contributed by atoms with E-state index < -0.39 is 6.10 Å². The summed E-state index contributed by atoms with van der Waals surface area (Å²) in [5.41, 5.74) is 6.27. The van der Waals surface area contributed by atoms with Crippen LogP contribution in [-0.2, 0) is 0 Å². The Kier molecular flexibility index (Phi) is 2.87. The second-order valence-electron chi connectivity index (χ2n) is 2.31. The standard InChI is InChI=1S/C7H12N2OS/c1-9-4-6(10)7-5(8)2-3-11-7/h2-3,6,9-10H,4,8H2,1H3. The van der Waals surface area contributed by atoms with Gasteiger partial charge < -0.3 is 16.2 Å². The number of hydrogen-bond donors (Lipinski definition) is 3. The summed E-state index contributed by atoms with van der Waals surface area (Å²) in [4.78, 5) is 0.847. The van der Waals surface area contributed by atoms with Crippen LogP contribution in [0.25, 0.3) is 0 Å². The molecule has 4 N–H and O–H groups in total. The Balaban J connectivity index is 2.67. The average molecular weight is 172 g/mol. The van der Waals surface area contributed by atoms with Crippen molar-refractivity contribution >= 4 is 17.0 Å². The van der Waals surface area contributed by atoms with Crippen molar-refractivity contribution in [3.05, 3.63) is 16.3 Å². The third-order valence-electron chi connectivity index (χ3n) is 1.43. The molecule has 11 heavy (non-hydrogen) atoms. The van der Waals surface area contributed by atoms with E-state index in [-0.39, 0.29) is 0 Å². The third-order valence-corrected chi connectivity index (χ3v) is 2.46. The normalized spacial score (nSPS) is 13.3. The van der Waals surface area contributed by atoms with E-state index in [2.05, 4.69) is 5.32 Å². The van der Waals surface area contributed by atoms with Crippen LogP contribution in [-0.4, -0.2) is 18.7 Å². The highest BCUT2D eigenvalue weighted by Crippen LogP contribution is 2.25. The molecule has 0 saturated carbocycles. The van der Waals surface area contributed by atoms with Gasteiger partial charge in [0.25, 0.3) is 0 Å². The lowest BCUT2D eigenvalue weighted by Crippen LogP contribution is -2.16. The molecule has 0 radical (unpaired) electrons. The maximum atomic E-state index is 9.46. The number of aliphatic hydroxyl groups is 1. The molecule has 0 spiro atoms. The summed E-state index contributed by atoms with van der Waals surface area (Å²) < 4.78 is 0. The molecule has 0 aromatic carbocycles. The molecule has 62 valence electrons. The van der Waals surface area contributed by atoms with Gasteiger partial charge in [0.2, 0.25) is 0 Å². The van der Waals surface area contributed by atoms with Gasteiger partial charge in [0.1, 0.15) is 6.10 Å². The van der Waals surface area contributed by atoms with E-state index in [1.54, 1.807) is 13.1 Å². The average Bonchev–Trinajstić information content (AvgIpc) is 2.36. The highest BCUT2D eigenvalue weighted by atomic mass is 32.1. The summed E-state index contributed by atoms with van der Waals surface area (Å²) in [5, 5.41) is 14.2. The minimum Gasteiger partial charge on any atom is -0.398 e. The van der Waals surface area contributed by atoms with Gasteiger partial charge in [0.15, 0.2) is 0 Å². The number of nitrogens with one attached hydrogen (secondary N) is 1. The molecular formula is C7H12N2OS. The van der Waals surface area contributed by atoms with E-state index in [4.69, 9.17) is 5.73 Å². The maximum Gasteiger partial charge on any atom is 0.103 e. The topological polar surface area (TPSA) is 58.3 Å². The Morgan fingerprint density at radius 2 is 2.55 bits per heavy atom. The lowest BCUT2D eigenvalue weighted by molar-refractivity contribution is 0.182. The number of thiophene rings is 1. The first-order valence-electron chi connectivity index (χ1n) is 3.41. The summed E-state index contributed by atoms with van der Waals surface area (Å²) in [6, 6.07) is 1.80. The predicted octanol–water partition coefficient (Wildman–Crippen LogP) is 0.583. The van der Waals surface area contributed by atoms with Crippen molar-refractivity contribution < 1.29 is 5.11 Å². The van der Waals surface area contributed by atoms with Crippen molar-refractivity contribution in [2.45, 2.75) is 6.10 Å². The van der Waals surface area contributed by atoms with Crippen LogP contribution in [0.1, 0.15) is 11.0 Å². The number of anilines is 1. The molecule has 1 heterocycles. The first-order valence-corrected chi connectivity index (χ1v) is 4.29. The second-order valence-corrected chi connectivity index (χ2v) is 3.26. The molecule has 0 amide bonds. The van der Waals surface area contributed by atoms with E-state index in [1.807, 2.05) is 5.38 Å². The Morgan fingerprint density at radius 1 is 1.82 bits per heavy atom. The molecule has 0 fully saturated rings. The molecule has 0 bridgehead atoms. The first kappa shape index (κ1) is 8.52. The molecular weight excluding hydrogens is 160 g/mol. The fourth-order valence-corrected chi connectivity index (χ4v) is 1.69. The number of aliphatic hydroxyl groups excluding tert-OH is 1. The molecule has 0 saturated heterocycles. The summed E-state index contributed by atoms with van der Waals surface area (Å²) in [6.07, 6.45) is -0.472. The number of nitrogens with two attached hydrogens (primary N) is 1. The maximum absolute atomic E-state index is 9.46. The summed E-state index contributed by atoms with van der Waals surface area (Å²) in [7, 11) is 1.80. The van der Waals surface area contributed by atoms with Crippen LogP contribution in [0.3, 0.4) is 0 Å². The van der Waals surface area contributed by atoms with Crippen LogP contribution < -0.4 is 11.1 Å². The lowest BCUT2D eigenvalue weighted by atomic mass is 10.2. The van der Waals surface area contributed by atoms with E-state index >= 15 is 0 Å². The smallest absolute Gasteiger partial charge is 0.103 e. The number of nitrogen functional groups attached to an aromatic ring is 1. The van der Waals surface area contributed by atoms with Crippen LogP contribution in [0.5, 0.6) is 0 Å². The molecule has 0 aliphatic carbocycles. The van der Waals surface area contributed by atoms with Crippen molar-refractivity contribution in [2.75, 3.05) is 19.3 Å². The number of hydrogen-bond acceptors (Lipinski definition) is 4. The van der Waals surface area contributed by atoms with Gasteiger partial charge in [-0.1, -0.05) is 0 Å². The van der Waals surface area contributed by atoms with Gasteiger partial charge in [0, 0.05) is 12.2 Å². The van der Waals surface area contributed by atoms with Crippen molar-refractivity contribution in [3.63, 3.8) is 0 Å². The molecule has 0 aliphatic rings. The van der Waals surface area contributed by atoms with Gasteiger partial charge in [0.05, 0.1) is 4.88 Å². The Morgan fingerprint density at radius 3 is 3.00 bits per heavy atom. The van der Waals surface area contributed by atoms with Gasteiger partial charge in [-0.3, -0.25) is 0 Å². The van der Waals surface area contributed by atoms with E-state index in [0.717, 1.165) is 4.88 Å². The van der Waals surface area contributed by atoms with Crippen LogP contribution >= 0.6 is 11.3 Å². The molecule has 1 aromatic heterocycles. The van der Waals surface area contributed by atoms with Gasteiger partial charge in [-0.25, -0.2) is 0 Å². The highest BCUT2D eigenvalue weighted by molar-refractivity contribution is 7.10. The van der Waals surface area contributed by atoms with Gasteiger partial charge in [-0.2, -0.15) is 0 Å². The van der Waals surface area contributed by atoms with Crippen molar-refractivity contribution in [3.8, 4) is 0 Å². The van der Waals surface area contributed by atoms with Crippen molar-refractivity contribution in [1.29, 1.82) is 0 Å². The van der Waals surface area contributed by atoms with Crippen LogP contribution in [0, 0.1) is 0 Å². The van der Waals surface area contributed by atoms with Crippen LogP contribution in [0.15, 0.2) is 11.4 Å². The minimum atomic E-state index is -0.472. The second kappa shape index (κ2) is 3.71.